The van der Waals surface area contributed by atoms with Gasteiger partial charge in [-0.15, -0.1) is 0 Å². The Morgan fingerprint density at radius 3 is 2.42 bits per heavy atom. The number of para-hydroxylation sites is 1. The first kappa shape index (κ1) is 17.0. The highest BCUT2D eigenvalue weighted by Crippen LogP contribution is 2.27. The smallest absolute Gasteiger partial charge is 0.0972 e. The molecule has 0 saturated carbocycles. The molecule has 0 spiro atoms. The van der Waals surface area contributed by atoms with Crippen molar-refractivity contribution in [2.45, 2.75) is 38.5 Å². The van der Waals surface area contributed by atoms with E-state index < -0.39 is 0 Å². The molecule has 4 rings (SSSR count). The lowest BCUT2D eigenvalue weighted by molar-refractivity contribution is 0.0442. The van der Waals surface area contributed by atoms with E-state index in [1.165, 1.54) is 5.56 Å². The quantitative estimate of drug-likeness (QED) is 0.779. The fourth-order valence-corrected chi connectivity index (χ4v) is 3.73. The van der Waals surface area contributed by atoms with Crippen LogP contribution in [0.25, 0.3) is 16.9 Å². The maximum absolute atomic E-state index is 9.91. The van der Waals surface area contributed by atoms with E-state index in [0.29, 0.717) is 6.04 Å². The van der Waals surface area contributed by atoms with E-state index in [1.807, 2.05) is 28.9 Å². The van der Waals surface area contributed by atoms with Gasteiger partial charge in [0.2, 0.25) is 0 Å². The molecule has 1 aromatic heterocycles. The van der Waals surface area contributed by atoms with Crippen molar-refractivity contribution in [3.63, 3.8) is 0 Å². The van der Waals surface area contributed by atoms with Gasteiger partial charge in [0, 0.05) is 36.5 Å². The van der Waals surface area contributed by atoms with E-state index in [0.717, 1.165) is 42.9 Å². The van der Waals surface area contributed by atoms with Crippen molar-refractivity contribution in [2.24, 2.45) is 0 Å². The lowest BCUT2D eigenvalue weighted by Gasteiger charge is -2.35. The molecule has 26 heavy (non-hydrogen) atoms. The molecule has 0 radical (unpaired) electrons. The second kappa shape index (κ2) is 7.44. The molecule has 1 aliphatic rings. The van der Waals surface area contributed by atoms with Crippen LogP contribution in [0.1, 0.15) is 25.3 Å². The largest absolute Gasteiger partial charge is 0.393 e. The Kier molecular flexibility index (Phi) is 4.87. The van der Waals surface area contributed by atoms with Crippen molar-refractivity contribution in [2.75, 3.05) is 6.54 Å². The third kappa shape index (κ3) is 3.57. The minimum absolute atomic E-state index is 0.165. The van der Waals surface area contributed by atoms with Crippen LogP contribution in [0.3, 0.4) is 0 Å². The fraction of sp³-hybridized carbons (Fsp3) is 0.318. The predicted octanol–water partition coefficient (Wildman–Crippen LogP) is 3.88. The van der Waals surface area contributed by atoms with Crippen molar-refractivity contribution in [3.8, 4) is 16.9 Å². The van der Waals surface area contributed by atoms with Gasteiger partial charge in [-0.1, -0.05) is 48.5 Å². The summed E-state index contributed by atoms with van der Waals surface area (Å²) in [6, 6.07) is 21.0. The highest BCUT2D eigenvalue weighted by molar-refractivity contribution is 5.63. The van der Waals surface area contributed by atoms with Crippen LogP contribution in [0, 0.1) is 0 Å². The number of rotatable bonds is 4. The maximum atomic E-state index is 9.91. The topological polar surface area (TPSA) is 41.3 Å². The molecule has 0 unspecified atom stereocenters. The molecule has 1 saturated heterocycles. The third-order valence-corrected chi connectivity index (χ3v) is 5.22. The van der Waals surface area contributed by atoms with Gasteiger partial charge in [-0.05, 0) is 31.9 Å². The molecule has 134 valence electrons. The van der Waals surface area contributed by atoms with E-state index in [1.54, 1.807) is 0 Å². The number of aromatic nitrogens is 2. The van der Waals surface area contributed by atoms with Gasteiger partial charge in [-0.3, -0.25) is 4.90 Å². The lowest BCUT2D eigenvalue weighted by atomic mass is 9.99. The summed E-state index contributed by atoms with van der Waals surface area (Å²) in [4.78, 5) is 2.45. The van der Waals surface area contributed by atoms with Gasteiger partial charge in [0.05, 0.1) is 17.5 Å². The van der Waals surface area contributed by atoms with E-state index in [2.05, 4.69) is 54.4 Å². The van der Waals surface area contributed by atoms with Crippen LogP contribution in [-0.2, 0) is 6.54 Å². The van der Waals surface area contributed by atoms with E-state index in [4.69, 9.17) is 5.10 Å². The monoisotopic (exact) mass is 347 g/mol. The molecule has 2 atom stereocenters. The first-order valence-corrected chi connectivity index (χ1v) is 9.32. The van der Waals surface area contributed by atoms with Crippen LogP contribution in [0.15, 0.2) is 66.9 Å². The fourth-order valence-electron chi connectivity index (χ4n) is 3.73. The number of hydrogen-bond donors (Lipinski definition) is 1. The molecule has 3 aromatic rings. The Morgan fingerprint density at radius 1 is 1.04 bits per heavy atom. The molecule has 4 nitrogen and oxygen atoms in total. The highest BCUT2D eigenvalue weighted by Gasteiger charge is 2.25. The first-order chi connectivity index (χ1) is 12.7. The zero-order valence-corrected chi connectivity index (χ0v) is 15.1. The third-order valence-electron chi connectivity index (χ3n) is 5.22. The summed E-state index contributed by atoms with van der Waals surface area (Å²) in [5.74, 6) is 0. The van der Waals surface area contributed by atoms with Crippen LogP contribution in [0.4, 0.5) is 0 Å². The molecule has 1 aliphatic heterocycles. The summed E-state index contributed by atoms with van der Waals surface area (Å²) in [5, 5.41) is 14.8. The van der Waals surface area contributed by atoms with Crippen LogP contribution < -0.4 is 0 Å². The van der Waals surface area contributed by atoms with Crippen LogP contribution in [-0.4, -0.2) is 38.5 Å². The Labute approximate surface area is 154 Å². The van der Waals surface area contributed by atoms with E-state index in [9.17, 15) is 5.11 Å². The van der Waals surface area contributed by atoms with Gasteiger partial charge in [-0.2, -0.15) is 5.10 Å². The summed E-state index contributed by atoms with van der Waals surface area (Å²) in [5.41, 5.74) is 4.47. The van der Waals surface area contributed by atoms with Gasteiger partial charge in [0.1, 0.15) is 0 Å². The van der Waals surface area contributed by atoms with E-state index in [-0.39, 0.29) is 6.10 Å². The predicted molar refractivity (Wildman–Crippen MR) is 104 cm³/mol. The number of likely N-dealkylation sites (tertiary alicyclic amines) is 1. The summed E-state index contributed by atoms with van der Waals surface area (Å²) in [6.07, 6.45) is 3.67. The molecular formula is C22H25N3O. The minimum Gasteiger partial charge on any atom is -0.393 e. The summed E-state index contributed by atoms with van der Waals surface area (Å²) >= 11 is 0. The number of aliphatic hydroxyl groups is 1. The number of piperidine rings is 1. The number of nitrogens with zero attached hydrogens (tertiary/aromatic N) is 3. The Bertz CT molecular complexity index is 844. The SMILES string of the molecule is C[C@@H]1C[C@H](O)CCN1Cc1cn(-c2ccccc2)nc1-c1ccccc1. The summed E-state index contributed by atoms with van der Waals surface area (Å²) < 4.78 is 1.97. The molecule has 2 aromatic carbocycles. The molecule has 1 fully saturated rings. The molecule has 0 aliphatic carbocycles. The van der Waals surface area contributed by atoms with Crippen molar-refractivity contribution in [1.29, 1.82) is 0 Å². The van der Waals surface area contributed by atoms with Gasteiger partial charge in [-0.25, -0.2) is 4.68 Å². The normalized spacial score (nSPS) is 21.0. The van der Waals surface area contributed by atoms with Crippen molar-refractivity contribution in [3.05, 3.63) is 72.4 Å². The Hall–Kier alpha value is -2.43. The van der Waals surface area contributed by atoms with Gasteiger partial charge < -0.3 is 5.11 Å². The maximum Gasteiger partial charge on any atom is 0.0972 e. The minimum atomic E-state index is -0.165. The van der Waals surface area contributed by atoms with Crippen LogP contribution in [0.5, 0.6) is 0 Å². The number of aliphatic hydroxyl groups excluding tert-OH is 1. The highest BCUT2D eigenvalue weighted by atomic mass is 16.3. The molecular weight excluding hydrogens is 322 g/mol. The lowest BCUT2D eigenvalue weighted by Crippen LogP contribution is -2.42. The van der Waals surface area contributed by atoms with Crippen LogP contribution in [0.2, 0.25) is 0 Å². The Morgan fingerprint density at radius 2 is 1.73 bits per heavy atom. The van der Waals surface area contributed by atoms with Crippen molar-refractivity contribution >= 4 is 0 Å². The standard InChI is InChI=1S/C22H25N3O/c1-17-14-21(26)12-13-24(17)15-19-16-25(20-10-6-3-7-11-20)23-22(19)18-8-4-2-5-9-18/h2-11,16-17,21,26H,12-15H2,1H3/t17-,21-/m1/s1. The van der Waals surface area contributed by atoms with Gasteiger partial charge >= 0.3 is 0 Å². The van der Waals surface area contributed by atoms with Gasteiger partial charge in [0.25, 0.3) is 0 Å². The molecule has 4 heteroatoms. The zero-order chi connectivity index (χ0) is 17.9. The van der Waals surface area contributed by atoms with Crippen LogP contribution >= 0.6 is 0 Å². The molecule has 0 amide bonds. The van der Waals surface area contributed by atoms with Crippen molar-refractivity contribution in [1.82, 2.24) is 14.7 Å². The van der Waals surface area contributed by atoms with Crippen molar-refractivity contribution < 1.29 is 5.11 Å². The first-order valence-electron chi connectivity index (χ1n) is 9.32. The zero-order valence-electron chi connectivity index (χ0n) is 15.1. The molecule has 0 bridgehead atoms. The second-order valence-corrected chi connectivity index (χ2v) is 7.15. The van der Waals surface area contributed by atoms with Gasteiger partial charge in [0.15, 0.2) is 0 Å². The number of benzene rings is 2. The Balaban J connectivity index is 1.69. The van der Waals surface area contributed by atoms with E-state index >= 15 is 0 Å². The molecule has 2 heterocycles. The number of hydrogen-bond acceptors (Lipinski definition) is 3. The molecule has 1 N–H and O–H groups in total. The summed E-state index contributed by atoms with van der Waals surface area (Å²) in [7, 11) is 0. The average molecular weight is 347 g/mol. The summed E-state index contributed by atoms with van der Waals surface area (Å²) in [6.45, 7) is 3.98. The average Bonchev–Trinajstić information content (AvgIpc) is 3.09. The second-order valence-electron chi connectivity index (χ2n) is 7.15.